The Labute approximate surface area is 105 Å². The highest BCUT2D eigenvalue weighted by Crippen LogP contribution is 2.17. The van der Waals surface area contributed by atoms with Gasteiger partial charge < -0.3 is 10.6 Å². The van der Waals surface area contributed by atoms with E-state index >= 15 is 0 Å². The fourth-order valence-corrected chi connectivity index (χ4v) is 2.44. The lowest BCUT2D eigenvalue weighted by molar-refractivity contribution is -0.139. The molecule has 1 amide bonds. The minimum atomic E-state index is 0.112. The topological polar surface area (TPSA) is 49.6 Å². The summed E-state index contributed by atoms with van der Waals surface area (Å²) in [5.74, 6) is 0.409. The molecule has 1 aliphatic rings. The van der Waals surface area contributed by atoms with E-state index in [0.29, 0.717) is 24.5 Å². The summed E-state index contributed by atoms with van der Waals surface area (Å²) in [5.41, 5.74) is 5.49. The number of amides is 1. The van der Waals surface area contributed by atoms with Crippen LogP contribution in [0.15, 0.2) is 0 Å². The van der Waals surface area contributed by atoms with Gasteiger partial charge in [-0.3, -0.25) is 9.69 Å². The molecule has 1 fully saturated rings. The third-order valence-electron chi connectivity index (χ3n) is 3.93. The Balaban J connectivity index is 2.52. The van der Waals surface area contributed by atoms with Gasteiger partial charge in [0.15, 0.2) is 0 Å². The van der Waals surface area contributed by atoms with Crippen molar-refractivity contribution in [2.24, 2.45) is 11.7 Å². The van der Waals surface area contributed by atoms with Crippen LogP contribution < -0.4 is 5.73 Å². The van der Waals surface area contributed by atoms with Gasteiger partial charge in [0.2, 0.25) is 5.91 Å². The van der Waals surface area contributed by atoms with Crippen LogP contribution in [0.4, 0.5) is 0 Å². The lowest BCUT2D eigenvalue weighted by atomic mass is 10.0. The normalized spacial score (nSPS) is 28.2. The highest BCUT2D eigenvalue weighted by atomic mass is 16.2. The number of piperazine rings is 1. The Hall–Kier alpha value is -0.610. The Morgan fingerprint density at radius 1 is 1.35 bits per heavy atom. The predicted octanol–water partition coefficient (Wildman–Crippen LogP) is 0.912. The second kappa shape index (κ2) is 6.36. The molecule has 1 heterocycles. The van der Waals surface area contributed by atoms with E-state index in [1.165, 1.54) is 0 Å². The lowest BCUT2D eigenvalue weighted by Crippen LogP contribution is -2.57. The highest BCUT2D eigenvalue weighted by Gasteiger charge is 2.30. The van der Waals surface area contributed by atoms with Gasteiger partial charge in [0.1, 0.15) is 0 Å². The number of carbonyl (C=O) groups excluding carboxylic acids is 1. The van der Waals surface area contributed by atoms with Crippen LogP contribution in [-0.4, -0.2) is 54.5 Å². The first-order valence-electron chi connectivity index (χ1n) is 6.68. The van der Waals surface area contributed by atoms with Crippen LogP contribution in [-0.2, 0) is 4.79 Å². The van der Waals surface area contributed by atoms with Crippen molar-refractivity contribution in [1.29, 1.82) is 0 Å². The van der Waals surface area contributed by atoms with E-state index in [2.05, 4.69) is 25.8 Å². The maximum absolute atomic E-state index is 12.3. The number of hydrogen-bond acceptors (Lipinski definition) is 3. The number of hydrogen-bond donors (Lipinski definition) is 1. The molecule has 0 spiro atoms. The lowest BCUT2D eigenvalue weighted by Gasteiger charge is -2.43. The third-order valence-corrected chi connectivity index (χ3v) is 3.93. The Kier molecular flexibility index (Phi) is 5.40. The summed E-state index contributed by atoms with van der Waals surface area (Å²) in [6, 6.07) is 0.897. The van der Waals surface area contributed by atoms with Gasteiger partial charge in [-0.15, -0.1) is 0 Å². The van der Waals surface area contributed by atoms with E-state index in [9.17, 15) is 4.79 Å². The Morgan fingerprint density at radius 3 is 2.35 bits per heavy atom. The van der Waals surface area contributed by atoms with Crippen molar-refractivity contribution in [1.82, 2.24) is 9.80 Å². The fraction of sp³-hybridized carbons (Fsp3) is 0.923. The molecule has 0 bridgehead atoms. The third kappa shape index (κ3) is 3.68. The number of nitrogens with two attached hydrogens (primary N) is 1. The summed E-state index contributed by atoms with van der Waals surface area (Å²) in [5, 5.41) is 0. The second-order valence-corrected chi connectivity index (χ2v) is 5.44. The van der Waals surface area contributed by atoms with Gasteiger partial charge >= 0.3 is 0 Å². The average molecular weight is 241 g/mol. The van der Waals surface area contributed by atoms with Gasteiger partial charge in [-0.1, -0.05) is 6.92 Å². The first-order valence-corrected chi connectivity index (χ1v) is 6.68. The summed E-state index contributed by atoms with van der Waals surface area (Å²) in [6.45, 7) is 8.76. The van der Waals surface area contributed by atoms with Crippen LogP contribution in [0.3, 0.4) is 0 Å². The van der Waals surface area contributed by atoms with E-state index in [-0.39, 0.29) is 5.92 Å². The summed E-state index contributed by atoms with van der Waals surface area (Å²) in [7, 11) is 2.13. The minimum Gasteiger partial charge on any atom is -0.339 e. The molecule has 17 heavy (non-hydrogen) atoms. The first kappa shape index (κ1) is 14.5. The molecular weight excluding hydrogens is 214 g/mol. The van der Waals surface area contributed by atoms with Crippen molar-refractivity contribution in [3.05, 3.63) is 0 Å². The molecule has 0 aliphatic carbocycles. The summed E-state index contributed by atoms with van der Waals surface area (Å²) < 4.78 is 0. The summed E-state index contributed by atoms with van der Waals surface area (Å²) >= 11 is 0. The van der Waals surface area contributed by atoms with Crippen molar-refractivity contribution in [3.8, 4) is 0 Å². The molecule has 0 aromatic rings. The van der Waals surface area contributed by atoms with Crippen molar-refractivity contribution in [2.75, 3.05) is 26.7 Å². The van der Waals surface area contributed by atoms with Gasteiger partial charge in [0.05, 0.1) is 0 Å². The van der Waals surface area contributed by atoms with Crippen LogP contribution in [0.1, 0.15) is 33.6 Å². The van der Waals surface area contributed by atoms with Crippen molar-refractivity contribution < 1.29 is 4.79 Å². The summed E-state index contributed by atoms with van der Waals surface area (Å²) in [4.78, 5) is 16.6. The minimum absolute atomic E-state index is 0.112. The highest BCUT2D eigenvalue weighted by molar-refractivity contribution is 5.78. The standard InChI is InChI=1S/C13H27N3O/c1-10(6-5-7-14)13(17)16-8-11(2)15(4)12(3)9-16/h10-12H,5-9,14H2,1-4H3. The molecule has 3 unspecified atom stereocenters. The SMILES string of the molecule is CC(CCCN)C(=O)N1CC(C)N(C)C(C)C1. The Bertz CT molecular complexity index is 245. The molecule has 4 nitrogen and oxygen atoms in total. The first-order chi connectivity index (χ1) is 7.97. The van der Waals surface area contributed by atoms with Crippen LogP contribution in [0.2, 0.25) is 0 Å². The number of likely N-dealkylation sites (N-methyl/N-ethyl adjacent to an activating group) is 1. The van der Waals surface area contributed by atoms with Gasteiger partial charge in [-0.2, -0.15) is 0 Å². The monoisotopic (exact) mass is 241 g/mol. The molecule has 2 N–H and O–H groups in total. The van der Waals surface area contributed by atoms with Crippen LogP contribution in [0.25, 0.3) is 0 Å². The molecule has 1 saturated heterocycles. The van der Waals surface area contributed by atoms with Gasteiger partial charge in [0.25, 0.3) is 0 Å². The van der Waals surface area contributed by atoms with Crippen LogP contribution in [0.5, 0.6) is 0 Å². The maximum atomic E-state index is 12.3. The smallest absolute Gasteiger partial charge is 0.225 e. The quantitative estimate of drug-likeness (QED) is 0.796. The maximum Gasteiger partial charge on any atom is 0.225 e. The molecule has 1 aliphatic heterocycles. The van der Waals surface area contributed by atoms with E-state index in [1.807, 2.05) is 11.8 Å². The van der Waals surface area contributed by atoms with Crippen molar-refractivity contribution in [3.63, 3.8) is 0 Å². The van der Waals surface area contributed by atoms with Gasteiger partial charge in [-0.25, -0.2) is 0 Å². The molecule has 3 atom stereocenters. The van der Waals surface area contributed by atoms with E-state index in [0.717, 1.165) is 25.9 Å². The van der Waals surface area contributed by atoms with Crippen LogP contribution in [0, 0.1) is 5.92 Å². The molecule has 4 heteroatoms. The van der Waals surface area contributed by atoms with Crippen molar-refractivity contribution in [2.45, 2.75) is 45.7 Å². The molecule has 100 valence electrons. The second-order valence-electron chi connectivity index (χ2n) is 5.44. The van der Waals surface area contributed by atoms with E-state index in [1.54, 1.807) is 0 Å². The van der Waals surface area contributed by atoms with E-state index < -0.39 is 0 Å². The number of rotatable bonds is 4. The average Bonchev–Trinajstić information content (AvgIpc) is 2.31. The summed E-state index contributed by atoms with van der Waals surface area (Å²) in [6.07, 6.45) is 1.84. The zero-order chi connectivity index (χ0) is 13.0. The molecule has 0 saturated carbocycles. The fourth-order valence-electron chi connectivity index (χ4n) is 2.44. The number of nitrogens with zero attached hydrogens (tertiary/aromatic N) is 2. The molecule has 0 radical (unpaired) electrons. The molecular formula is C13H27N3O. The van der Waals surface area contributed by atoms with Gasteiger partial charge in [-0.05, 0) is 40.3 Å². The van der Waals surface area contributed by atoms with Crippen LogP contribution >= 0.6 is 0 Å². The van der Waals surface area contributed by atoms with Gasteiger partial charge in [0, 0.05) is 31.1 Å². The molecule has 1 rings (SSSR count). The zero-order valence-electron chi connectivity index (χ0n) is 11.6. The molecule has 0 aromatic heterocycles. The van der Waals surface area contributed by atoms with Crippen molar-refractivity contribution >= 4 is 5.91 Å². The van der Waals surface area contributed by atoms with E-state index in [4.69, 9.17) is 5.73 Å². The largest absolute Gasteiger partial charge is 0.339 e. The predicted molar refractivity (Wildman–Crippen MR) is 70.7 cm³/mol. The number of carbonyl (C=O) groups is 1. The molecule has 0 aromatic carbocycles. The Morgan fingerprint density at radius 2 is 1.88 bits per heavy atom. The zero-order valence-corrected chi connectivity index (χ0v) is 11.6.